The lowest BCUT2D eigenvalue weighted by atomic mass is 9.87. The number of alkyl halides is 3. The third kappa shape index (κ3) is 3.54. The zero-order valence-electron chi connectivity index (χ0n) is 15.7. The summed E-state index contributed by atoms with van der Waals surface area (Å²) in [5.41, 5.74) is -4.15. The first kappa shape index (κ1) is 21.0. The Balaban J connectivity index is 1.76. The monoisotopic (exact) mass is 441 g/mol. The van der Waals surface area contributed by atoms with Crippen molar-refractivity contribution in [3.63, 3.8) is 0 Å². The first-order valence-corrected chi connectivity index (χ1v) is 9.88. The number of hydrogen-bond donors (Lipinski definition) is 0. The van der Waals surface area contributed by atoms with Crippen molar-refractivity contribution in [3.8, 4) is 0 Å². The molecule has 0 bridgehead atoms. The van der Waals surface area contributed by atoms with E-state index in [-0.39, 0.29) is 15.9 Å². The molecule has 2 radical (unpaired) electrons. The number of hydrogen-bond acceptors (Lipinski definition) is 8. The van der Waals surface area contributed by atoms with Crippen LogP contribution in [-0.4, -0.2) is 49.3 Å². The van der Waals surface area contributed by atoms with Crippen LogP contribution in [0.5, 0.6) is 0 Å². The highest BCUT2D eigenvalue weighted by molar-refractivity contribution is 7.22. The van der Waals surface area contributed by atoms with Crippen molar-refractivity contribution >= 4 is 45.6 Å². The summed E-state index contributed by atoms with van der Waals surface area (Å²) in [6, 6.07) is 0.365. The number of aromatic nitrogens is 1. The van der Waals surface area contributed by atoms with E-state index in [1.54, 1.807) is 4.90 Å². The number of rotatable bonds is 2. The molecule has 0 N–H and O–H groups in total. The molecule has 3 heterocycles. The Hall–Kier alpha value is -2.25. The van der Waals surface area contributed by atoms with E-state index < -0.39 is 44.5 Å². The largest absolute Gasteiger partial charge is 0.416 e. The van der Waals surface area contributed by atoms with Crippen molar-refractivity contribution in [2.75, 3.05) is 24.6 Å². The minimum Gasteiger partial charge on any atom is -0.348 e. The summed E-state index contributed by atoms with van der Waals surface area (Å²) in [5, 5.41) is 11.0. The lowest BCUT2D eigenvalue weighted by Gasteiger charge is -2.38. The van der Waals surface area contributed by atoms with Crippen LogP contribution in [0.4, 0.5) is 24.0 Å². The van der Waals surface area contributed by atoms with Crippen LogP contribution in [0, 0.1) is 10.1 Å². The van der Waals surface area contributed by atoms with Gasteiger partial charge in [-0.15, -0.1) is 0 Å². The fraction of sp³-hybridized carbons (Fsp3) is 0.529. The second-order valence-electron chi connectivity index (χ2n) is 7.25. The average Bonchev–Trinajstić information content (AvgIpc) is 3.01. The Labute approximate surface area is 173 Å². The minimum atomic E-state index is -4.95. The molecule has 1 aromatic heterocycles. The topological polar surface area (TPSA) is 94.8 Å². The van der Waals surface area contributed by atoms with Gasteiger partial charge in [-0.2, -0.15) is 18.2 Å². The van der Waals surface area contributed by atoms with Crippen LogP contribution >= 0.6 is 11.3 Å². The Morgan fingerprint density at radius 1 is 1.40 bits per heavy atom. The fourth-order valence-corrected chi connectivity index (χ4v) is 4.91. The summed E-state index contributed by atoms with van der Waals surface area (Å²) < 4.78 is 51.1. The normalized spacial score (nSPS) is 21.5. The molecular weight excluding hydrogens is 426 g/mol. The number of halogens is 3. The predicted octanol–water partition coefficient (Wildman–Crippen LogP) is 2.11. The highest BCUT2D eigenvalue weighted by atomic mass is 32.1. The summed E-state index contributed by atoms with van der Waals surface area (Å²) in [7, 11) is 5.57. The molecule has 2 saturated heterocycles. The average molecular weight is 441 g/mol. The summed E-state index contributed by atoms with van der Waals surface area (Å²) in [6.07, 6.45) is -3.98. The molecule has 1 atom stereocenters. The smallest absolute Gasteiger partial charge is 0.348 e. The van der Waals surface area contributed by atoms with Gasteiger partial charge in [-0.05, 0) is 6.92 Å². The van der Waals surface area contributed by atoms with Crippen molar-refractivity contribution < 1.29 is 27.6 Å². The van der Waals surface area contributed by atoms with Gasteiger partial charge < -0.3 is 14.4 Å². The number of fused-ring (bicyclic) bond motifs is 1. The molecule has 2 fully saturated rings. The van der Waals surface area contributed by atoms with E-state index in [1.807, 2.05) is 6.92 Å². The summed E-state index contributed by atoms with van der Waals surface area (Å²) >= 11 is 0.772. The molecule has 0 saturated carbocycles. The maximum atomic E-state index is 13.2. The standard InChI is InChI=1S/C17H15BF3N3O5S/c1-8-7-28-16(29-8)2-4-23(5-3-16)15-22-14(25)11-12(18)9(17(19,20)21)6-10(24(26)27)13(11)30-15/h6,8H,2-5,7H2,1H3. The van der Waals surface area contributed by atoms with E-state index in [0.717, 1.165) is 11.3 Å². The molecule has 2 aromatic rings. The van der Waals surface area contributed by atoms with Crippen LogP contribution < -0.4 is 15.9 Å². The Morgan fingerprint density at radius 3 is 2.60 bits per heavy atom. The number of non-ortho nitro benzene ring substituents is 1. The van der Waals surface area contributed by atoms with Crippen molar-refractivity contribution in [2.24, 2.45) is 0 Å². The van der Waals surface area contributed by atoms with Gasteiger partial charge in [-0.25, -0.2) is 0 Å². The number of nitrogens with zero attached hydrogens (tertiary/aromatic N) is 3. The third-order valence-corrected chi connectivity index (χ3v) is 6.35. The van der Waals surface area contributed by atoms with Gasteiger partial charge in [0, 0.05) is 32.0 Å². The highest BCUT2D eigenvalue weighted by Crippen LogP contribution is 2.39. The van der Waals surface area contributed by atoms with Gasteiger partial charge in [-0.1, -0.05) is 16.8 Å². The van der Waals surface area contributed by atoms with Crippen molar-refractivity contribution in [3.05, 3.63) is 32.1 Å². The van der Waals surface area contributed by atoms with Gasteiger partial charge in [0.05, 0.1) is 28.6 Å². The van der Waals surface area contributed by atoms with E-state index in [9.17, 15) is 28.1 Å². The Morgan fingerprint density at radius 2 is 2.07 bits per heavy atom. The molecule has 1 spiro atoms. The van der Waals surface area contributed by atoms with Gasteiger partial charge >= 0.3 is 6.18 Å². The third-order valence-electron chi connectivity index (χ3n) is 5.20. The first-order chi connectivity index (χ1) is 14.0. The predicted molar refractivity (Wildman–Crippen MR) is 104 cm³/mol. The van der Waals surface area contributed by atoms with Gasteiger partial charge in [0.15, 0.2) is 10.9 Å². The molecule has 4 rings (SSSR count). The highest BCUT2D eigenvalue weighted by Gasteiger charge is 2.43. The quantitative estimate of drug-likeness (QED) is 0.400. The van der Waals surface area contributed by atoms with Crippen LogP contribution in [0.25, 0.3) is 10.1 Å². The second-order valence-corrected chi connectivity index (χ2v) is 8.23. The molecular formula is C17H15BF3N3O5S. The summed E-state index contributed by atoms with van der Waals surface area (Å²) in [6.45, 7) is 3.20. The number of nitro benzene ring substituents is 1. The van der Waals surface area contributed by atoms with E-state index in [2.05, 4.69) is 4.98 Å². The lowest BCUT2D eigenvalue weighted by molar-refractivity contribution is -0.383. The second kappa shape index (κ2) is 7.17. The van der Waals surface area contributed by atoms with Crippen molar-refractivity contribution in [2.45, 2.75) is 37.8 Å². The van der Waals surface area contributed by atoms with E-state index in [1.165, 1.54) is 0 Å². The molecule has 158 valence electrons. The van der Waals surface area contributed by atoms with Crippen LogP contribution in [0.1, 0.15) is 25.3 Å². The molecule has 30 heavy (non-hydrogen) atoms. The summed E-state index contributed by atoms with van der Waals surface area (Å²) in [5.74, 6) is -0.699. The molecule has 13 heteroatoms. The van der Waals surface area contributed by atoms with Crippen LogP contribution in [0.2, 0.25) is 0 Å². The SMILES string of the molecule is [B]c1c(C(F)(F)F)cc([N+](=O)[O-])c2sc(N3CCC4(CC3)OCC(C)O4)nc(=O)c12. The number of benzene rings is 1. The maximum absolute atomic E-state index is 13.2. The molecule has 1 aromatic carbocycles. The minimum absolute atomic E-state index is 0.0279. The number of nitro groups is 1. The maximum Gasteiger partial charge on any atom is 0.416 e. The van der Waals surface area contributed by atoms with Crippen LogP contribution in [0.3, 0.4) is 0 Å². The first-order valence-electron chi connectivity index (χ1n) is 9.06. The number of ether oxygens (including phenoxy) is 2. The lowest BCUT2D eigenvalue weighted by Crippen LogP contribution is -2.45. The fourth-order valence-electron chi connectivity index (χ4n) is 3.75. The summed E-state index contributed by atoms with van der Waals surface area (Å²) in [4.78, 5) is 28.7. The van der Waals surface area contributed by atoms with E-state index in [4.69, 9.17) is 17.3 Å². The number of anilines is 1. The van der Waals surface area contributed by atoms with E-state index in [0.29, 0.717) is 38.6 Å². The molecule has 2 aliphatic heterocycles. The van der Waals surface area contributed by atoms with E-state index >= 15 is 0 Å². The Bertz CT molecular complexity index is 1080. The Kier molecular flexibility index (Phi) is 5.02. The van der Waals surface area contributed by atoms with Crippen LogP contribution in [0.15, 0.2) is 10.9 Å². The molecule has 0 amide bonds. The van der Waals surface area contributed by atoms with Gasteiger partial charge in [0.2, 0.25) is 0 Å². The molecule has 1 unspecified atom stereocenters. The zero-order chi connectivity index (χ0) is 21.8. The van der Waals surface area contributed by atoms with Gasteiger partial charge in [0.25, 0.3) is 11.2 Å². The molecule has 0 aliphatic carbocycles. The number of piperidine rings is 1. The van der Waals surface area contributed by atoms with Gasteiger partial charge in [0.1, 0.15) is 12.5 Å². The molecule has 8 nitrogen and oxygen atoms in total. The van der Waals surface area contributed by atoms with Crippen molar-refractivity contribution in [1.82, 2.24) is 4.98 Å². The van der Waals surface area contributed by atoms with Crippen molar-refractivity contribution in [1.29, 1.82) is 0 Å². The van der Waals surface area contributed by atoms with Gasteiger partial charge in [-0.3, -0.25) is 14.9 Å². The molecule has 2 aliphatic rings. The van der Waals surface area contributed by atoms with Crippen LogP contribution in [-0.2, 0) is 15.7 Å². The zero-order valence-corrected chi connectivity index (χ0v) is 16.5.